The van der Waals surface area contributed by atoms with Crippen LogP contribution in [0.15, 0.2) is 102 Å². The molecule has 248 valence electrons. The molecule has 11 heteroatoms. The van der Waals surface area contributed by atoms with Gasteiger partial charge < -0.3 is 15.0 Å². The molecule has 0 aliphatic carbocycles. The SMILES string of the molecule is CC[C@H](C)NC(=O)[C@H](Cc1ccccc1)N(Cc1ccc(F)cc1)C(=O)CN(c1ccc(OC)c(Cl)c1)S(=O)(=O)c1ccc(C)cc1. The van der Waals surface area contributed by atoms with Crippen molar-refractivity contribution in [1.82, 2.24) is 10.2 Å². The first-order valence-corrected chi connectivity index (χ1v) is 17.1. The predicted octanol–water partition coefficient (Wildman–Crippen LogP) is 6.55. The molecule has 0 aromatic heterocycles. The number of nitrogens with zero attached hydrogens (tertiary/aromatic N) is 2. The zero-order valence-corrected chi connectivity index (χ0v) is 28.4. The second-order valence-electron chi connectivity index (χ2n) is 11.3. The molecule has 4 aromatic rings. The molecule has 0 heterocycles. The van der Waals surface area contributed by atoms with Gasteiger partial charge in [-0.3, -0.25) is 13.9 Å². The number of carbonyl (C=O) groups excluding carboxylic acids is 2. The van der Waals surface area contributed by atoms with E-state index in [0.29, 0.717) is 17.7 Å². The number of methoxy groups -OCH3 is 1. The lowest BCUT2D eigenvalue weighted by Gasteiger charge is -2.34. The standard InChI is InChI=1S/C36H39ClFN3O5S/c1-5-26(3)39-36(43)33(21-27-9-7-6-8-10-27)40(23-28-13-15-29(38)16-14-28)35(42)24-41(30-17-20-34(46-4)32(37)22-30)47(44,45)31-18-11-25(2)12-19-31/h6-20,22,26,33H,5,21,23-24H2,1-4H3,(H,39,43)/t26-,33-/m0/s1. The molecule has 0 fully saturated rings. The second-order valence-corrected chi connectivity index (χ2v) is 13.6. The third-order valence-electron chi connectivity index (χ3n) is 7.85. The Bertz CT molecular complexity index is 1770. The van der Waals surface area contributed by atoms with Gasteiger partial charge in [-0.1, -0.05) is 78.7 Å². The maximum absolute atomic E-state index is 14.5. The van der Waals surface area contributed by atoms with Crippen molar-refractivity contribution >= 4 is 39.1 Å². The number of halogens is 2. The van der Waals surface area contributed by atoms with Crippen LogP contribution in [0.25, 0.3) is 0 Å². The van der Waals surface area contributed by atoms with E-state index in [-0.39, 0.29) is 40.5 Å². The number of nitrogens with one attached hydrogen (secondary N) is 1. The summed E-state index contributed by atoms with van der Waals surface area (Å²) in [7, 11) is -2.87. The van der Waals surface area contributed by atoms with Crippen LogP contribution in [0.1, 0.15) is 37.0 Å². The molecule has 47 heavy (non-hydrogen) atoms. The monoisotopic (exact) mass is 679 g/mol. The molecule has 0 saturated carbocycles. The van der Waals surface area contributed by atoms with E-state index in [9.17, 15) is 22.4 Å². The number of amides is 2. The van der Waals surface area contributed by atoms with Crippen molar-refractivity contribution in [3.05, 3.63) is 125 Å². The van der Waals surface area contributed by atoms with Gasteiger partial charge in [0.05, 0.1) is 22.7 Å². The molecule has 0 aliphatic heterocycles. The highest BCUT2D eigenvalue weighted by atomic mass is 35.5. The fraction of sp³-hybridized carbons (Fsp3) is 0.278. The molecule has 2 atom stereocenters. The first-order valence-electron chi connectivity index (χ1n) is 15.2. The molecule has 0 aliphatic rings. The van der Waals surface area contributed by atoms with E-state index in [1.54, 1.807) is 12.1 Å². The van der Waals surface area contributed by atoms with Crippen molar-refractivity contribution in [1.29, 1.82) is 0 Å². The Balaban J connectivity index is 1.83. The molecule has 4 rings (SSSR count). The Labute approximate surface area is 281 Å². The van der Waals surface area contributed by atoms with Crippen molar-refractivity contribution in [2.24, 2.45) is 0 Å². The lowest BCUT2D eigenvalue weighted by atomic mass is 10.0. The number of aryl methyl sites for hydroxylation is 1. The average molecular weight is 680 g/mol. The van der Waals surface area contributed by atoms with Gasteiger partial charge >= 0.3 is 0 Å². The fourth-order valence-electron chi connectivity index (χ4n) is 4.96. The Morgan fingerprint density at radius 1 is 0.936 bits per heavy atom. The molecule has 8 nitrogen and oxygen atoms in total. The van der Waals surface area contributed by atoms with Crippen LogP contribution in [0.2, 0.25) is 5.02 Å². The summed E-state index contributed by atoms with van der Waals surface area (Å²) in [6.07, 6.45) is 0.825. The molecule has 2 amide bonds. The number of hydrogen-bond acceptors (Lipinski definition) is 5. The second kappa shape index (κ2) is 15.9. The fourth-order valence-corrected chi connectivity index (χ4v) is 6.62. The summed E-state index contributed by atoms with van der Waals surface area (Å²) in [5.41, 5.74) is 2.37. The van der Waals surface area contributed by atoms with Crippen molar-refractivity contribution in [3.63, 3.8) is 0 Å². The first kappa shape index (κ1) is 35.4. The maximum Gasteiger partial charge on any atom is 0.264 e. The van der Waals surface area contributed by atoms with Crippen LogP contribution < -0.4 is 14.4 Å². The van der Waals surface area contributed by atoms with Gasteiger partial charge in [-0.25, -0.2) is 12.8 Å². The van der Waals surface area contributed by atoms with Crippen molar-refractivity contribution in [3.8, 4) is 5.75 Å². The van der Waals surface area contributed by atoms with Gasteiger partial charge in [-0.05, 0) is 73.9 Å². The van der Waals surface area contributed by atoms with Crippen LogP contribution in [-0.4, -0.2) is 50.9 Å². The van der Waals surface area contributed by atoms with Crippen LogP contribution in [0.3, 0.4) is 0 Å². The summed E-state index contributed by atoms with van der Waals surface area (Å²) in [6.45, 7) is 4.92. The predicted molar refractivity (Wildman–Crippen MR) is 182 cm³/mol. The minimum absolute atomic E-state index is 0.0247. The minimum atomic E-state index is -4.31. The van der Waals surface area contributed by atoms with Crippen LogP contribution in [-0.2, 0) is 32.6 Å². The summed E-state index contributed by atoms with van der Waals surface area (Å²) in [4.78, 5) is 29.8. The summed E-state index contributed by atoms with van der Waals surface area (Å²) < 4.78 is 48.5. The molecular weight excluding hydrogens is 641 g/mol. The Morgan fingerprint density at radius 2 is 1.60 bits per heavy atom. The number of anilines is 1. The molecule has 0 saturated heterocycles. The highest BCUT2D eigenvalue weighted by molar-refractivity contribution is 7.92. The quantitative estimate of drug-likeness (QED) is 0.163. The number of sulfonamides is 1. The summed E-state index contributed by atoms with van der Waals surface area (Å²) in [5.74, 6) is -1.15. The van der Waals surface area contributed by atoms with Gasteiger partial charge in [-0.15, -0.1) is 0 Å². The van der Waals surface area contributed by atoms with Gasteiger partial charge in [0.15, 0.2) is 0 Å². The summed E-state index contributed by atoms with van der Waals surface area (Å²) >= 11 is 6.43. The van der Waals surface area contributed by atoms with Gasteiger partial charge in [0.25, 0.3) is 10.0 Å². The highest BCUT2D eigenvalue weighted by Gasteiger charge is 2.35. The number of rotatable bonds is 14. The van der Waals surface area contributed by atoms with Gasteiger partial charge in [0, 0.05) is 19.0 Å². The molecule has 0 bridgehead atoms. The van der Waals surface area contributed by atoms with Crippen LogP contribution in [0, 0.1) is 12.7 Å². The Kier molecular flexibility index (Phi) is 12.0. The van der Waals surface area contributed by atoms with Gasteiger partial charge in [0.2, 0.25) is 11.8 Å². The van der Waals surface area contributed by atoms with Crippen molar-refractivity contribution in [2.75, 3.05) is 18.0 Å². The zero-order chi connectivity index (χ0) is 34.1. The Hall–Kier alpha value is -4.41. The number of hydrogen-bond donors (Lipinski definition) is 1. The summed E-state index contributed by atoms with van der Waals surface area (Å²) in [5, 5.41) is 3.14. The number of carbonyl (C=O) groups is 2. The molecule has 0 radical (unpaired) electrons. The van der Waals surface area contributed by atoms with E-state index in [0.717, 1.165) is 15.4 Å². The molecule has 0 spiro atoms. The van der Waals surface area contributed by atoms with Crippen LogP contribution in [0.5, 0.6) is 5.75 Å². The van der Waals surface area contributed by atoms with E-state index >= 15 is 0 Å². The van der Waals surface area contributed by atoms with E-state index in [4.69, 9.17) is 16.3 Å². The minimum Gasteiger partial charge on any atom is -0.495 e. The molecule has 4 aromatic carbocycles. The molecular formula is C36H39ClFN3O5S. The van der Waals surface area contributed by atoms with E-state index < -0.39 is 34.3 Å². The lowest BCUT2D eigenvalue weighted by Crippen LogP contribution is -2.54. The van der Waals surface area contributed by atoms with Crippen LogP contribution in [0.4, 0.5) is 10.1 Å². The van der Waals surface area contributed by atoms with Crippen molar-refractivity contribution in [2.45, 2.75) is 57.1 Å². The summed E-state index contributed by atoms with van der Waals surface area (Å²) in [6, 6.07) is 24.4. The molecule has 0 unspecified atom stereocenters. The normalized spacial score (nSPS) is 12.6. The average Bonchev–Trinajstić information content (AvgIpc) is 3.06. The number of benzene rings is 4. The van der Waals surface area contributed by atoms with Crippen molar-refractivity contribution < 1.29 is 27.1 Å². The van der Waals surface area contributed by atoms with Crippen LogP contribution >= 0.6 is 11.6 Å². The van der Waals surface area contributed by atoms with E-state index in [1.807, 2.05) is 51.1 Å². The lowest BCUT2D eigenvalue weighted by molar-refractivity contribution is -0.140. The number of ether oxygens (including phenoxy) is 1. The third-order valence-corrected chi connectivity index (χ3v) is 9.93. The van der Waals surface area contributed by atoms with E-state index in [1.165, 1.54) is 66.6 Å². The largest absolute Gasteiger partial charge is 0.495 e. The molecule has 1 N–H and O–H groups in total. The topological polar surface area (TPSA) is 96.0 Å². The highest BCUT2D eigenvalue weighted by Crippen LogP contribution is 2.32. The van der Waals surface area contributed by atoms with Gasteiger partial charge in [0.1, 0.15) is 24.2 Å². The maximum atomic E-state index is 14.5. The third kappa shape index (κ3) is 9.11. The first-order chi connectivity index (χ1) is 22.4. The van der Waals surface area contributed by atoms with E-state index in [2.05, 4.69) is 5.32 Å². The van der Waals surface area contributed by atoms with Gasteiger partial charge in [-0.2, -0.15) is 0 Å². The zero-order valence-electron chi connectivity index (χ0n) is 26.8. The Morgan fingerprint density at radius 3 is 2.19 bits per heavy atom. The smallest absolute Gasteiger partial charge is 0.264 e.